The van der Waals surface area contributed by atoms with Gasteiger partial charge in [0.05, 0.1) is 0 Å². The Kier molecular flexibility index (Phi) is 5.30. The molecular weight excluding hydrogens is 181 g/mol. The van der Waals surface area contributed by atoms with Gasteiger partial charge in [0.15, 0.2) is 0 Å². The monoisotopic (exact) mass is 191 g/mol. The summed E-state index contributed by atoms with van der Waals surface area (Å²) in [5.74, 6) is 0. The van der Waals surface area contributed by atoms with Crippen molar-refractivity contribution in [2.24, 2.45) is 5.73 Å². The van der Waals surface area contributed by atoms with Gasteiger partial charge >= 0.3 is 0 Å². The summed E-state index contributed by atoms with van der Waals surface area (Å²) in [6.07, 6.45) is 0.861. The van der Waals surface area contributed by atoms with Crippen LogP contribution in [0, 0.1) is 0 Å². The molecule has 0 spiro atoms. The summed E-state index contributed by atoms with van der Waals surface area (Å²) >= 11 is 5.85. The first-order valence-corrected chi connectivity index (χ1v) is 3.66. The second kappa shape index (κ2) is 5.42. The van der Waals surface area contributed by atoms with Crippen LogP contribution in [0.25, 0.3) is 0 Å². The summed E-state index contributed by atoms with van der Waals surface area (Å²) in [6.45, 7) is 0.656. The summed E-state index contributed by atoms with van der Waals surface area (Å²) in [4.78, 5) is 0. The van der Waals surface area contributed by atoms with Gasteiger partial charge in [0.25, 0.3) is 0 Å². The lowest BCUT2D eigenvalue weighted by atomic mass is 10.1. The van der Waals surface area contributed by atoms with Gasteiger partial charge in [0.2, 0.25) is 0 Å². The minimum Gasteiger partial charge on any atom is -0.330 e. The minimum atomic E-state index is 0. The van der Waals surface area contributed by atoms with Crippen molar-refractivity contribution in [1.29, 1.82) is 0 Å². The predicted octanol–water partition coefficient (Wildman–Crippen LogP) is 2.26. The molecule has 0 bridgehead atoms. The normalized spacial score (nSPS) is 8.91. The molecule has 0 radical (unpaired) electrons. The van der Waals surface area contributed by atoms with E-state index in [0.717, 1.165) is 17.0 Å². The van der Waals surface area contributed by atoms with Gasteiger partial charge in [-0.15, -0.1) is 12.4 Å². The molecule has 0 saturated carbocycles. The van der Waals surface area contributed by atoms with Crippen LogP contribution in [0.4, 0.5) is 0 Å². The van der Waals surface area contributed by atoms with Crippen LogP contribution in [0.3, 0.4) is 0 Å². The van der Waals surface area contributed by atoms with Crippen molar-refractivity contribution in [2.45, 2.75) is 6.42 Å². The molecule has 0 amide bonds. The van der Waals surface area contributed by atoms with Crippen LogP contribution < -0.4 is 5.73 Å². The van der Waals surface area contributed by atoms with Crippen LogP contribution in [0.2, 0.25) is 5.02 Å². The van der Waals surface area contributed by atoms with Crippen LogP contribution in [0.5, 0.6) is 0 Å². The Hall–Kier alpha value is -0.240. The lowest BCUT2D eigenvalue weighted by Gasteiger charge is -1.99. The highest BCUT2D eigenvalue weighted by Crippen LogP contribution is 2.14. The fourth-order valence-electron chi connectivity index (χ4n) is 0.857. The van der Waals surface area contributed by atoms with Gasteiger partial charge < -0.3 is 5.73 Å². The van der Waals surface area contributed by atoms with Crippen molar-refractivity contribution in [3.05, 3.63) is 34.9 Å². The second-order valence-electron chi connectivity index (χ2n) is 2.13. The molecule has 0 unspecified atom stereocenters. The average molecular weight is 192 g/mol. The largest absolute Gasteiger partial charge is 0.330 e. The Morgan fingerprint density at radius 2 is 1.91 bits per heavy atom. The van der Waals surface area contributed by atoms with E-state index in [-0.39, 0.29) is 12.4 Å². The van der Waals surface area contributed by atoms with Gasteiger partial charge in [-0.2, -0.15) is 0 Å². The summed E-state index contributed by atoms with van der Waals surface area (Å²) in [5, 5.41) is 0.813. The van der Waals surface area contributed by atoms with E-state index in [1.165, 1.54) is 0 Å². The maximum Gasteiger partial charge on any atom is 0.0438 e. The fourth-order valence-corrected chi connectivity index (χ4v) is 1.09. The van der Waals surface area contributed by atoms with Crippen molar-refractivity contribution >= 4 is 24.0 Å². The zero-order chi connectivity index (χ0) is 7.40. The van der Waals surface area contributed by atoms with Crippen LogP contribution >= 0.6 is 24.0 Å². The fraction of sp³-hybridized carbons (Fsp3) is 0.250. The van der Waals surface area contributed by atoms with Crippen molar-refractivity contribution in [3.63, 3.8) is 0 Å². The number of hydrogen-bond donors (Lipinski definition) is 1. The number of halogens is 2. The standard InChI is InChI=1S/C8H10ClN.ClH/c9-8-4-2-1-3-7(8)5-6-10;/h1-4H,5-6,10H2;1H. The quantitative estimate of drug-likeness (QED) is 0.764. The second-order valence-corrected chi connectivity index (χ2v) is 2.54. The smallest absolute Gasteiger partial charge is 0.0438 e. The third kappa shape index (κ3) is 3.10. The zero-order valence-corrected chi connectivity index (χ0v) is 7.66. The molecule has 1 aromatic rings. The molecule has 1 rings (SSSR count). The molecule has 1 aromatic carbocycles. The van der Waals surface area contributed by atoms with E-state index in [9.17, 15) is 0 Å². The van der Waals surface area contributed by atoms with Crippen molar-refractivity contribution in [2.75, 3.05) is 6.54 Å². The molecule has 0 aliphatic heterocycles. The number of nitrogens with two attached hydrogens (primary N) is 1. The summed E-state index contributed by atoms with van der Waals surface area (Å²) < 4.78 is 0. The van der Waals surface area contributed by atoms with Crippen LogP contribution in [0.15, 0.2) is 24.3 Å². The van der Waals surface area contributed by atoms with Crippen LogP contribution in [-0.2, 0) is 6.42 Å². The average Bonchev–Trinajstić information content (AvgIpc) is 1.94. The molecule has 0 aliphatic carbocycles. The summed E-state index contributed by atoms with van der Waals surface area (Å²) in [5.41, 5.74) is 6.50. The van der Waals surface area contributed by atoms with Crippen LogP contribution in [-0.4, -0.2) is 6.54 Å². The first-order valence-electron chi connectivity index (χ1n) is 3.28. The maximum atomic E-state index is 5.85. The Labute approximate surface area is 78.0 Å². The first kappa shape index (κ1) is 10.8. The molecule has 0 atom stereocenters. The summed E-state index contributed by atoms with van der Waals surface area (Å²) in [7, 11) is 0. The SMILES string of the molecule is Cl.NCCc1ccccc1Cl. The Morgan fingerprint density at radius 3 is 2.45 bits per heavy atom. The zero-order valence-electron chi connectivity index (χ0n) is 6.09. The molecule has 11 heavy (non-hydrogen) atoms. The lowest BCUT2D eigenvalue weighted by molar-refractivity contribution is 0.969. The molecule has 0 aromatic heterocycles. The van der Waals surface area contributed by atoms with E-state index < -0.39 is 0 Å². The highest BCUT2D eigenvalue weighted by Gasteiger charge is 1.94. The van der Waals surface area contributed by atoms with E-state index in [4.69, 9.17) is 17.3 Å². The third-order valence-electron chi connectivity index (χ3n) is 1.37. The van der Waals surface area contributed by atoms with Gasteiger partial charge in [-0.05, 0) is 24.6 Å². The van der Waals surface area contributed by atoms with E-state index in [0.29, 0.717) is 6.54 Å². The predicted molar refractivity (Wildman–Crippen MR) is 51.5 cm³/mol. The molecule has 0 saturated heterocycles. The van der Waals surface area contributed by atoms with Gasteiger partial charge in [-0.25, -0.2) is 0 Å². The Morgan fingerprint density at radius 1 is 1.27 bits per heavy atom. The van der Waals surface area contributed by atoms with Gasteiger partial charge in [-0.1, -0.05) is 29.8 Å². The highest BCUT2D eigenvalue weighted by atomic mass is 35.5. The third-order valence-corrected chi connectivity index (χ3v) is 1.74. The molecular formula is C8H11Cl2N. The number of benzene rings is 1. The van der Waals surface area contributed by atoms with Gasteiger partial charge in [-0.3, -0.25) is 0 Å². The highest BCUT2D eigenvalue weighted by molar-refractivity contribution is 6.31. The van der Waals surface area contributed by atoms with Crippen molar-refractivity contribution in [3.8, 4) is 0 Å². The molecule has 62 valence electrons. The van der Waals surface area contributed by atoms with E-state index >= 15 is 0 Å². The first-order chi connectivity index (χ1) is 4.84. The molecule has 2 N–H and O–H groups in total. The molecule has 1 nitrogen and oxygen atoms in total. The van der Waals surface area contributed by atoms with Crippen molar-refractivity contribution < 1.29 is 0 Å². The van der Waals surface area contributed by atoms with Crippen LogP contribution in [0.1, 0.15) is 5.56 Å². The molecule has 0 fully saturated rings. The van der Waals surface area contributed by atoms with Gasteiger partial charge in [0.1, 0.15) is 0 Å². The van der Waals surface area contributed by atoms with E-state index in [1.54, 1.807) is 0 Å². The van der Waals surface area contributed by atoms with Gasteiger partial charge in [0, 0.05) is 5.02 Å². The Balaban J connectivity index is 0.000001000. The number of rotatable bonds is 2. The Bertz CT molecular complexity index is 213. The maximum absolute atomic E-state index is 5.85. The number of hydrogen-bond acceptors (Lipinski definition) is 1. The molecule has 3 heteroatoms. The minimum absolute atomic E-state index is 0. The summed E-state index contributed by atoms with van der Waals surface area (Å²) in [6, 6.07) is 7.76. The molecule has 0 aliphatic rings. The topological polar surface area (TPSA) is 26.0 Å². The van der Waals surface area contributed by atoms with E-state index in [1.807, 2.05) is 24.3 Å². The van der Waals surface area contributed by atoms with Crippen molar-refractivity contribution in [1.82, 2.24) is 0 Å². The lowest BCUT2D eigenvalue weighted by Crippen LogP contribution is -2.02. The van der Waals surface area contributed by atoms with E-state index in [2.05, 4.69) is 0 Å². The molecule has 0 heterocycles.